The molecule has 0 spiro atoms. The summed E-state index contributed by atoms with van der Waals surface area (Å²) in [5, 5.41) is 6.21. The van der Waals surface area contributed by atoms with Gasteiger partial charge in [0.25, 0.3) is 0 Å². The maximum Gasteiger partial charge on any atom is 0.334 e. The van der Waals surface area contributed by atoms with E-state index in [-0.39, 0.29) is 37.5 Å². The highest BCUT2D eigenvalue weighted by atomic mass is 16.2. The molecule has 8 nitrogen and oxygen atoms in total. The summed E-state index contributed by atoms with van der Waals surface area (Å²) < 4.78 is 0. The van der Waals surface area contributed by atoms with Gasteiger partial charge in [0.15, 0.2) is 0 Å². The Labute approximate surface area is 215 Å². The number of nitrogens with one attached hydrogen (secondary N) is 1. The van der Waals surface area contributed by atoms with Gasteiger partial charge < -0.3 is 15.1 Å². The Morgan fingerprint density at radius 3 is 2.56 bits per heavy atom. The maximum absolute atomic E-state index is 13.6. The first-order chi connectivity index (χ1) is 17.4. The van der Waals surface area contributed by atoms with E-state index in [9.17, 15) is 14.4 Å². The smallest absolute Gasteiger partial charge is 0.334 e. The molecule has 3 rings (SSSR count). The Bertz CT molecular complexity index is 931. The number of benzene rings is 1. The lowest BCUT2D eigenvalue weighted by Gasteiger charge is -2.55. The number of amides is 4. The van der Waals surface area contributed by atoms with Crippen LogP contribution in [0.4, 0.5) is 4.79 Å². The molecule has 0 bridgehead atoms. The number of urea groups is 1. The SMILES string of the molecule is C#CCN1CC(=O)N2[C@@H](CCC)C(=O)N(CC(CC)CCCC)C[C@@H]2N1C(=O)NCc1ccccc1. The van der Waals surface area contributed by atoms with Crippen LogP contribution in [0.5, 0.6) is 0 Å². The zero-order valence-electron chi connectivity index (χ0n) is 22.0. The van der Waals surface area contributed by atoms with Crippen LogP contribution >= 0.6 is 0 Å². The summed E-state index contributed by atoms with van der Waals surface area (Å²) in [5.74, 6) is 2.81. The maximum atomic E-state index is 13.6. The molecule has 2 aliphatic rings. The summed E-state index contributed by atoms with van der Waals surface area (Å²) >= 11 is 0. The van der Waals surface area contributed by atoms with Gasteiger partial charge in [-0.25, -0.2) is 9.80 Å². The number of fused-ring (bicyclic) bond motifs is 1. The van der Waals surface area contributed by atoms with Gasteiger partial charge in [-0.3, -0.25) is 9.59 Å². The first-order valence-corrected chi connectivity index (χ1v) is 13.3. The molecule has 1 N–H and O–H groups in total. The number of hydrogen-bond acceptors (Lipinski definition) is 4. The van der Waals surface area contributed by atoms with Crippen molar-refractivity contribution in [2.75, 3.05) is 26.2 Å². The lowest BCUT2D eigenvalue weighted by atomic mass is 9.96. The monoisotopic (exact) mass is 495 g/mol. The van der Waals surface area contributed by atoms with Crippen LogP contribution < -0.4 is 5.32 Å². The van der Waals surface area contributed by atoms with Crippen molar-refractivity contribution in [3.63, 3.8) is 0 Å². The van der Waals surface area contributed by atoms with E-state index in [2.05, 4.69) is 25.1 Å². The third kappa shape index (κ3) is 6.38. The highest BCUT2D eigenvalue weighted by molar-refractivity contribution is 5.91. The number of piperazine rings is 1. The Kier molecular flexibility index (Phi) is 10.2. The van der Waals surface area contributed by atoms with Gasteiger partial charge in [-0.15, -0.1) is 6.42 Å². The second kappa shape index (κ2) is 13.3. The Hall–Kier alpha value is -3.05. The fourth-order valence-electron chi connectivity index (χ4n) is 5.24. The molecule has 0 aromatic heterocycles. The molecule has 0 radical (unpaired) electrons. The van der Waals surface area contributed by atoms with Crippen LogP contribution in [0, 0.1) is 18.3 Å². The van der Waals surface area contributed by atoms with Crippen LogP contribution in [0.3, 0.4) is 0 Å². The van der Waals surface area contributed by atoms with Crippen molar-refractivity contribution in [2.45, 2.75) is 78.0 Å². The molecule has 4 amide bonds. The van der Waals surface area contributed by atoms with Gasteiger partial charge in [0.2, 0.25) is 11.8 Å². The van der Waals surface area contributed by atoms with Crippen molar-refractivity contribution in [3.8, 4) is 12.3 Å². The van der Waals surface area contributed by atoms with Crippen molar-refractivity contribution >= 4 is 17.8 Å². The fourth-order valence-corrected chi connectivity index (χ4v) is 5.24. The molecule has 0 saturated carbocycles. The van der Waals surface area contributed by atoms with Crippen LogP contribution in [0.2, 0.25) is 0 Å². The summed E-state index contributed by atoms with van der Waals surface area (Å²) in [6.07, 6.45) is 10.6. The summed E-state index contributed by atoms with van der Waals surface area (Å²) in [7, 11) is 0. The number of terminal acetylenes is 1. The van der Waals surface area contributed by atoms with Gasteiger partial charge in [-0.05, 0) is 24.3 Å². The average molecular weight is 496 g/mol. The average Bonchev–Trinajstić information content (AvgIpc) is 2.88. The van der Waals surface area contributed by atoms with Crippen molar-refractivity contribution in [3.05, 3.63) is 35.9 Å². The number of carbonyl (C=O) groups excluding carboxylic acids is 3. The summed E-state index contributed by atoms with van der Waals surface area (Å²) in [6, 6.07) is 8.79. The Morgan fingerprint density at radius 1 is 1.17 bits per heavy atom. The minimum absolute atomic E-state index is 0.00792. The van der Waals surface area contributed by atoms with Crippen LogP contribution in [0.25, 0.3) is 0 Å². The third-order valence-corrected chi connectivity index (χ3v) is 7.18. The lowest BCUT2D eigenvalue weighted by molar-refractivity contribution is -0.189. The molecule has 36 heavy (non-hydrogen) atoms. The van der Waals surface area contributed by atoms with Crippen molar-refractivity contribution in [2.24, 2.45) is 5.92 Å². The summed E-state index contributed by atoms with van der Waals surface area (Å²) in [5.41, 5.74) is 0.977. The minimum atomic E-state index is -0.590. The largest absolute Gasteiger partial charge is 0.337 e. The molecule has 196 valence electrons. The van der Waals surface area contributed by atoms with E-state index in [0.717, 1.165) is 37.7 Å². The molecule has 1 aromatic rings. The second-order valence-corrected chi connectivity index (χ2v) is 9.76. The minimum Gasteiger partial charge on any atom is -0.337 e. The quantitative estimate of drug-likeness (QED) is 0.477. The molecule has 1 unspecified atom stereocenters. The zero-order chi connectivity index (χ0) is 26.1. The second-order valence-electron chi connectivity index (χ2n) is 9.76. The van der Waals surface area contributed by atoms with Gasteiger partial charge in [0.1, 0.15) is 12.2 Å². The van der Waals surface area contributed by atoms with Crippen molar-refractivity contribution < 1.29 is 14.4 Å². The molecular weight excluding hydrogens is 454 g/mol. The number of nitrogens with zero attached hydrogens (tertiary/aromatic N) is 4. The molecule has 8 heteroatoms. The van der Waals surface area contributed by atoms with Crippen LogP contribution in [0.1, 0.15) is 64.9 Å². The Morgan fingerprint density at radius 2 is 1.92 bits per heavy atom. The van der Waals surface area contributed by atoms with Gasteiger partial charge in [-0.2, -0.15) is 5.01 Å². The third-order valence-electron chi connectivity index (χ3n) is 7.18. The summed E-state index contributed by atoms with van der Waals surface area (Å²) in [6.45, 7) is 7.74. The molecule has 2 aliphatic heterocycles. The first-order valence-electron chi connectivity index (χ1n) is 13.3. The molecular formula is C28H41N5O3. The first kappa shape index (κ1) is 27.5. The predicted molar refractivity (Wildman–Crippen MR) is 140 cm³/mol. The molecule has 0 aliphatic carbocycles. The van der Waals surface area contributed by atoms with E-state index in [1.54, 1.807) is 14.9 Å². The number of rotatable bonds is 11. The van der Waals surface area contributed by atoms with Gasteiger partial charge in [0, 0.05) is 13.1 Å². The standard InChI is InChI=1S/C28H41N5O3/c1-5-9-14-22(8-4)19-30-20-25-32(24(13-6-2)27(30)35)26(34)21-31(17-7-3)33(25)28(36)29-18-23-15-11-10-12-16-23/h3,10-12,15-16,22,24-25H,5-6,8-9,13-14,17-21H2,1-2,4H3,(H,29,36)/t22?,24-,25-/m0/s1. The van der Waals surface area contributed by atoms with E-state index in [1.165, 1.54) is 0 Å². The molecule has 1 aromatic carbocycles. The van der Waals surface area contributed by atoms with E-state index < -0.39 is 12.2 Å². The lowest BCUT2D eigenvalue weighted by Crippen LogP contribution is -2.76. The molecule has 2 heterocycles. The van der Waals surface area contributed by atoms with Crippen LogP contribution in [0.15, 0.2) is 30.3 Å². The highest BCUT2D eigenvalue weighted by Crippen LogP contribution is 2.29. The molecule has 2 fully saturated rings. The molecule has 2 saturated heterocycles. The van der Waals surface area contributed by atoms with E-state index in [1.807, 2.05) is 42.2 Å². The van der Waals surface area contributed by atoms with Crippen LogP contribution in [-0.4, -0.2) is 76.0 Å². The highest BCUT2D eigenvalue weighted by Gasteiger charge is 2.51. The van der Waals surface area contributed by atoms with Crippen LogP contribution in [-0.2, 0) is 16.1 Å². The van der Waals surface area contributed by atoms with Gasteiger partial charge >= 0.3 is 6.03 Å². The fraction of sp³-hybridized carbons (Fsp3) is 0.607. The van der Waals surface area contributed by atoms with Crippen molar-refractivity contribution in [1.29, 1.82) is 0 Å². The molecule has 3 atom stereocenters. The predicted octanol–water partition coefficient (Wildman–Crippen LogP) is 3.44. The Balaban J connectivity index is 1.89. The van der Waals surface area contributed by atoms with E-state index in [4.69, 9.17) is 6.42 Å². The number of unbranched alkanes of at least 4 members (excludes halogenated alkanes) is 1. The zero-order valence-corrected chi connectivity index (χ0v) is 22.0. The van der Waals surface area contributed by atoms with Gasteiger partial charge in [0.05, 0.1) is 19.6 Å². The van der Waals surface area contributed by atoms with Gasteiger partial charge in [-0.1, -0.05) is 82.7 Å². The topological polar surface area (TPSA) is 76.2 Å². The number of carbonyl (C=O) groups is 3. The van der Waals surface area contributed by atoms with E-state index >= 15 is 0 Å². The van der Waals surface area contributed by atoms with Crippen molar-refractivity contribution in [1.82, 2.24) is 25.1 Å². The normalized spacial score (nSPS) is 21.2. The van der Waals surface area contributed by atoms with E-state index in [0.29, 0.717) is 25.4 Å². The number of hydrazine groups is 1. The number of hydrogen-bond donors (Lipinski definition) is 1. The summed E-state index contributed by atoms with van der Waals surface area (Å²) in [4.78, 5) is 44.0.